The maximum Gasteiger partial charge on any atom is 0.208 e. The molecular weight excluding hydrogens is 379 g/mol. The molecule has 0 spiro atoms. The third-order valence-corrected chi connectivity index (χ3v) is 6.46. The molecule has 4 rings (SSSR count). The van der Waals surface area contributed by atoms with Gasteiger partial charge in [0.05, 0.1) is 17.8 Å². The molecule has 3 N–H and O–H groups in total. The Morgan fingerprint density at radius 1 is 1.29 bits per heavy atom. The van der Waals surface area contributed by atoms with Crippen molar-refractivity contribution in [3.63, 3.8) is 0 Å². The molecule has 148 valence electrons. The van der Waals surface area contributed by atoms with Gasteiger partial charge in [0.15, 0.2) is 5.01 Å². The predicted molar refractivity (Wildman–Crippen MR) is 108 cm³/mol. The van der Waals surface area contributed by atoms with E-state index in [0.717, 1.165) is 24.0 Å². The molecule has 2 unspecified atom stereocenters. The number of phenolic OH excluding ortho intramolecular Hbond substituents is 1. The number of phenols is 1. The first-order chi connectivity index (χ1) is 13.6. The number of aromatic hydroxyl groups is 1. The highest BCUT2D eigenvalue weighted by molar-refractivity contribution is 7.18. The van der Waals surface area contributed by atoms with E-state index in [2.05, 4.69) is 25.7 Å². The van der Waals surface area contributed by atoms with Gasteiger partial charge in [0.1, 0.15) is 11.9 Å². The summed E-state index contributed by atoms with van der Waals surface area (Å²) in [4.78, 5) is 1.88. The van der Waals surface area contributed by atoms with Gasteiger partial charge >= 0.3 is 0 Å². The van der Waals surface area contributed by atoms with E-state index in [0.29, 0.717) is 28.2 Å². The van der Waals surface area contributed by atoms with E-state index < -0.39 is 6.17 Å². The summed E-state index contributed by atoms with van der Waals surface area (Å²) in [6, 6.07) is 5.48. The Kier molecular flexibility index (Phi) is 5.27. The highest BCUT2D eigenvalue weighted by atomic mass is 32.1. The van der Waals surface area contributed by atoms with Gasteiger partial charge in [-0.15, -0.1) is 10.2 Å². The zero-order valence-corrected chi connectivity index (χ0v) is 16.6. The molecule has 1 fully saturated rings. The van der Waals surface area contributed by atoms with Crippen molar-refractivity contribution in [3.8, 4) is 27.4 Å². The Bertz CT molecular complexity index is 930. The fraction of sp³-hybridized carbons (Fsp3) is 0.421. The Morgan fingerprint density at radius 3 is 2.86 bits per heavy atom. The number of benzene rings is 1. The van der Waals surface area contributed by atoms with Gasteiger partial charge in [0.25, 0.3) is 0 Å². The largest absolute Gasteiger partial charge is 0.507 e. The summed E-state index contributed by atoms with van der Waals surface area (Å²) < 4.78 is 14.5. The van der Waals surface area contributed by atoms with Gasteiger partial charge in [-0.3, -0.25) is 5.10 Å². The molecule has 0 bridgehead atoms. The minimum absolute atomic E-state index is 0.125. The SMILES string of the molecule is CNC1CCC(F)[C@@H](N(C)c2nnc(-c3ccc(-c4cn[nH]c4)cc3O)s2)C1. The molecule has 2 aromatic heterocycles. The van der Waals surface area contributed by atoms with E-state index >= 15 is 0 Å². The highest BCUT2D eigenvalue weighted by Crippen LogP contribution is 2.38. The molecule has 1 aromatic carbocycles. The molecule has 0 aliphatic heterocycles. The Balaban J connectivity index is 1.55. The highest BCUT2D eigenvalue weighted by Gasteiger charge is 2.34. The van der Waals surface area contributed by atoms with Crippen molar-refractivity contribution in [2.75, 3.05) is 19.0 Å². The van der Waals surface area contributed by atoms with Crippen LogP contribution in [0.3, 0.4) is 0 Å². The number of nitrogens with one attached hydrogen (secondary N) is 2. The molecule has 2 heterocycles. The fourth-order valence-corrected chi connectivity index (χ4v) is 4.58. The van der Waals surface area contributed by atoms with Crippen molar-refractivity contribution >= 4 is 16.5 Å². The number of alkyl halides is 1. The first-order valence-corrected chi connectivity index (χ1v) is 10.1. The number of aromatic nitrogens is 4. The number of halogens is 1. The summed E-state index contributed by atoms with van der Waals surface area (Å²) in [5.41, 5.74) is 2.36. The Morgan fingerprint density at radius 2 is 2.14 bits per heavy atom. The molecule has 9 heteroatoms. The van der Waals surface area contributed by atoms with Gasteiger partial charge in [-0.2, -0.15) is 5.10 Å². The smallest absolute Gasteiger partial charge is 0.208 e. The quantitative estimate of drug-likeness (QED) is 0.607. The lowest BCUT2D eigenvalue weighted by molar-refractivity contribution is 0.189. The first kappa shape index (κ1) is 18.8. The molecule has 3 atom stereocenters. The fourth-order valence-electron chi connectivity index (χ4n) is 3.68. The van der Waals surface area contributed by atoms with Crippen LogP contribution in [0.5, 0.6) is 5.75 Å². The second-order valence-corrected chi connectivity index (χ2v) is 8.06. The van der Waals surface area contributed by atoms with Crippen LogP contribution in [0.2, 0.25) is 0 Å². The maximum atomic E-state index is 14.5. The zero-order valence-electron chi connectivity index (χ0n) is 15.8. The second kappa shape index (κ2) is 7.84. The van der Waals surface area contributed by atoms with Crippen LogP contribution in [0.1, 0.15) is 19.3 Å². The third kappa shape index (κ3) is 3.59. The number of H-pyrrole nitrogens is 1. The average Bonchev–Trinajstić information content (AvgIpc) is 3.40. The molecule has 7 nitrogen and oxygen atoms in total. The van der Waals surface area contributed by atoms with Crippen LogP contribution in [-0.2, 0) is 0 Å². The third-order valence-electron chi connectivity index (χ3n) is 5.42. The van der Waals surface area contributed by atoms with Gasteiger partial charge < -0.3 is 15.3 Å². The molecule has 1 saturated carbocycles. The summed E-state index contributed by atoms with van der Waals surface area (Å²) in [7, 11) is 3.78. The molecule has 1 aliphatic rings. The van der Waals surface area contributed by atoms with Crippen molar-refractivity contribution in [2.45, 2.75) is 37.5 Å². The number of rotatable bonds is 5. The van der Waals surface area contributed by atoms with E-state index in [-0.39, 0.29) is 11.8 Å². The van der Waals surface area contributed by atoms with Crippen molar-refractivity contribution in [1.29, 1.82) is 0 Å². The van der Waals surface area contributed by atoms with Crippen LogP contribution in [0, 0.1) is 0 Å². The van der Waals surface area contributed by atoms with Crippen molar-refractivity contribution in [2.24, 2.45) is 0 Å². The Hall–Kier alpha value is -2.52. The molecule has 0 saturated heterocycles. The van der Waals surface area contributed by atoms with Crippen LogP contribution < -0.4 is 10.2 Å². The zero-order chi connectivity index (χ0) is 19.7. The van der Waals surface area contributed by atoms with Crippen LogP contribution in [0.25, 0.3) is 21.7 Å². The molecule has 3 aromatic rings. The van der Waals surface area contributed by atoms with Crippen molar-refractivity contribution in [1.82, 2.24) is 25.7 Å². The predicted octanol–water partition coefficient (Wildman–Crippen LogP) is 3.22. The van der Waals surface area contributed by atoms with Crippen molar-refractivity contribution in [3.05, 3.63) is 30.6 Å². The maximum absolute atomic E-state index is 14.5. The summed E-state index contributed by atoms with van der Waals surface area (Å²) >= 11 is 1.35. The van der Waals surface area contributed by atoms with Crippen molar-refractivity contribution < 1.29 is 9.50 Å². The summed E-state index contributed by atoms with van der Waals surface area (Å²) in [5, 5.41) is 30.1. The topological polar surface area (TPSA) is 90.0 Å². The molecule has 0 radical (unpaired) electrons. The standard InChI is InChI=1S/C19H23FN6OS/c1-21-13-4-6-15(20)16(8-13)26(2)19-25-24-18(28-19)14-5-3-11(7-17(14)27)12-9-22-23-10-12/h3,5,7,9-10,13,15-16,21,27H,4,6,8H2,1-2H3,(H,22,23)/t13?,15?,16-/m0/s1. The minimum Gasteiger partial charge on any atom is -0.507 e. The molecular formula is C19H23FN6OS. The Labute approximate surface area is 166 Å². The molecule has 0 amide bonds. The number of nitrogens with zero attached hydrogens (tertiary/aromatic N) is 4. The van der Waals surface area contributed by atoms with E-state index in [1.165, 1.54) is 11.3 Å². The van der Waals surface area contributed by atoms with Gasteiger partial charge in [-0.05, 0) is 44.0 Å². The average molecular weight is 402 g/mol. The monoisotopic (exact) mass is 402 g/mol. The minimum atomic E-state index is -0.885. The lowest BCUT2D eigenvalue weighted by Gasteiger charge is -2.37. The van der Waals surface area contributed by atoms with E-state index in [1.807, 2.05) is 31.1 Å². The van der Waals surface area contributed by atoms with E-state index in [1.54, 1.807) is 18.5 Å². The summed E-state index contributed by atoms with van der Waals surface area (Å²) in [6.07, 6.45) is 4.70. The molecule has 1 aliphatic carbocycles. The number of anilines is 1. The number of hydrogen-bond donors (Lipinski definition) is 3. The van der Waals surface area contributed by atoms with Crippen LogP contribution in [-0.4, -0.2) is 57.9 Å². The first-order valence-electron chi connectivity index (χ1n) is 9.27. The summed E-state index contributed by atoms with van der Waals surface area (Å²) in [6.45, 7) is 0. The van der Waals surface area contributed by atoms with E-state index in [4.69, 9.17) is 0 Å². The van der Waals surface area contributed by atoms with Gasteiger partial charge in [0, 0.05) is 24.8 Å². The molecule has 28 heavy (non-hydrogen) atoms. The van der Waals surface area contributed by atoms with Gasteiger partial charge in [-0.25, -0.2) is 4.39 Å². The normalized spacial score (nSPS) is 22.3. The van der Waals surface area contributed by atoms with Crippen LogP contribution in [0.4, 0.5) is 9.52 Å². The van der Waals surface area contributed by atoms with Gasteiger partial charge in [0.2, 0.25) is 5.13 Å². The van der Waals surface area contributed by atoms with Crippen LogP contribution in [0.15, 0.2) is 30.6 Å². The number of hydrogen-bond acceptors (Lipinski definition) is 7. The van der Waals surface area contributed by atoms with Gasteiger partial charge in [-0.1, -0.05) is 17.4 Å². The number of aromatic amines is 1. The second-order valence-electron chi connectivity index (χ2n) is 7.10. The van der Waals surface area contributed by atoms with Crippen LogP contribution >= 0.6 is 11.3 Å². The lowest BCUT2D eigenvalue weighted by atomic mass is 9.89. The summed E-state index contributed by atoms with van der Waals surface area (Å²) in [5.74, 6) is 0.125. The lowest BCUT2D eigenvalue weighted by Crippen LogP contribution is -2.48. The van der Waals surface area contributed by atoms with E-state index in [9.17, 15) is 9.50 Å².